The van der Waals surface area contributed by atoms with Crippen molar-refractivity contribution in [2.45, 2.75) is 46.3 Å². The molecule has 0 saturated carbocycles. The normalized spacial score (nSPS) is 15.7. The first-order chi connectivity index (χ1) is 9.36. The second kappa shape index (κ2) is 7.36. The first-order valence-electron chi connectivity index (χ1n) is 7.03. The summed E-state index contributed by atoms with van der Waals surface area (Å²) < 4.78 is 0. The lowest BCUT2D eigenvalue weighted by Crippen LogP contribution is -2.33. The van der Waals surface area contributed by atoms with Crippen LogP contribution in [0.2, 0.25) is 0 Å². The number of nitrogens with zero attached hydrogens (tertiary/aromatic N) is 1. The van der Waals surface area contributed by atoms with Crippen LogP contribution in [0.15, 0.2) is 18.2 Å². The van der Waals surface area contributed by atoms with Crippen molar-refractivity contribution >= 4 is 5.69 Å². The lowest BCUT2D eigenvalue weighted by atomic mass is 10.0. The van der Waals surface area contributed by atoms with Gasteiger partial charge in [-0.2, -0.15) is 0 Å². The van der Waals surface area contributed by atoms with E-state index in [0.717, 1.165) is 12.0 Å². The van der Waals surface area contributed by atoms with Gasteiger partial charge in [-0.1, -0.05) is 32.4 Å². The highest BCUT2D eigenvalue weighted by Gasteiger charge is 2.16. The number of benzene rings is 1. The molecule has 2 N–H and O–H groups in total. The maximum absolute atomic E-state index is 10.9. The molecule has 3 unspecified atom stereocenters. The van der Waals surface area contributed by atoms with Crippen LogP contribution >= 0.6 is 0 Å². The molecule has 0 radical (unpaired) electrons. The molecular weight excluding hydrogens is 256 g/mol. The van der Waals surface area contributed by atoms with Crippen molar-refractivity contribution in [2.75, 3.05) is 6.54 Å². The summed E-state index contributed by atoms with van der Waals surface area (Å²) in [6.45, 7) is 8.21. The second-order valence-electron chi connectivity index (χ2n) is 5.39. The number of aliphatic hydroxyl groups is 1. The number of nitrogens with one attached hydrogen (secondary N) is 1. The molecule has 1 aromatic carbocycles. The lowest BCUT2D eigenvalue weighted by molar-refractivity contribution is -0.385. The van der Waals surface area contributed by atoms with Crippen LogP contribution in [0.4, 0.5) is 5.69 Å². The van der Waals surface area contributed by atoms with Gasteiger partial charge in [0.1, 0.15) is 0 Å². The maximum Gasteiger partial charge on any atom is 0.272 e. The molecule has 0 aliphatic carbocycles. The number of nitro groups is 1. The van der Waals surface area contributed by atoms with Crippen molar-refractivity contribution in [1.82, 2.24) is 5.32 Å². The largest absolute Gasteiger partial charge is 0.392 e. The van der Waals surface area contributed by atoms with E-state index in [4.69, 9.17) is 0 Å². The van der Waals surface area contributed by atoms with E-state index in [9.17, 15) is 15.2 Å². The van der Waals surface area contributed by atoms with E-state index in [1.54, 1.807) is 19.1 Å². The van der Waals surface area contributed by atoms with Crippen LogP contribution in [0, 0.1) is 23.0 Å². The van der Waals surface area contributed by atoms with Gasteiger partial charge in [0.25, 0.3) is 5.69 Å². The third-order valence-electron chi connectivity index (χ3n) is 3.86. The SMILES string of the molecule is CCC(C)C(O)CNC(C)c1ccc(C)c([N+](=O)[O-])c1. The van der Waals surface area contributed by atoms with Crippen molar-refractivity contribution in [1.29, 1.82) is 0 Å². The number of aryl methyl sites for hydroxylation is 1. The van der Waals surface area contributed by atoms with E-state index < -0.39 is 6.10 Å². The Hall–Kier alpha value is -1.46. The standard InChI is InChI=1S/C15H24N2O3/c1-5-10(2)15(18)9-16-12(4)13-7-6-11(3)14(8-13)17(19)20/h6-8,10,12,15-16,18H,5,9H2,1-4H3. The van der Waals surface area contributed by atoms with Gasteiger partial charge >= 0.3 is 0 Å². The molecule has 3 atom stereocenters. The number of nitro benzene ring substituents is 1. The van der Waals surface area contributed by atoms with Crippen LogP contribution in [0.25, 0.3) is 0 Å². The zero-order valence-electron chi connectivity index (χ0n) is 12.6. The van der Waals surface area contributed by atoms with E-state index >= 15 is 0 Å². The van der Waals surface area contributed by atoms with Crippen LogP contribution < -0.4 is 5.32 Å². The zero-order chi connectivity index (χ0) is 15.3. The summed E-state index contributed by atoms with van der Waals surface area (Å²) in [5.41, 5.74) is 1.66. The summed E-state index contributed by atoms with van der Waals surface area (Å²) in [4.78, 5) is 10.6. The number of hydrogen-bond acceptors (Lipinski definition) is 4. The average Bonchev–Trinajstić information content (AvgIpc) is 2.43. The Labute approximate surface area is 120 Å². The molecule has 0 aliphatic rings. The van der Waals surface area contributed by atoms with Gasteiger partial charge in [0, 0.05) is 24.2 Å². The van der Waals surface area contributed by atoms with Gasteiger partial charge in [0.05, 0.1) is 11.0 Å². The molecule has 5 heteroatoms. The molecular formula is C15H24N2O3. The van der Waals surface area contributed by atoms with Gasteiger partial charge < -0.3 is 10.4 Å². The Kier molecular flexibility index (Phi) is 6.10. The first kappa shape index (κ1) is 16.6. The summed E-state index contributed by atoms with van der Waals surface area (Å²) >= 11 is 0. The molecule has 0 saturated heterocycles. The predicted molar refractivity (Wildman–Crippen MR) is 79.7 cm³/mol. The quantitative estimate of drug-likeness (QED) is 0.594. The number of hydrogen-bond donors (Lipinski definition) is 2. The molecule has 0 amide bonds. The highest BCUT2D eigenvalue weighted by molar-refractivity contribution is 5.43. The maximum atomic E-state index is 10.9. The van der Waals surface area contributed by atoms with E-state index in [2.05, 4.69) is 5.32 Å². The molecule has 112 valence electrons. The van der Waals surface area contributed by atoms with Crippen LogP contribution in [-0.2, 0) is 0 Å². The highest BCUT2D eigenvalue weighted by Crippen LogP contribution is 2.23. The van der Waals surface area contributed by atoms with Crippen LogP contribution in [0.3, 0.4) is 0 Å². The molecule has 0 bridgehead atoms. The average molecular weight is 280 g/mol. The molecule has 0 aliphatic heterocycles. The predicted octanol–water partition coefficient (Wildman–Crippen LogP) is 2.96. The minimum Gasteiger partial charge on any atom is -0.392 e. The Balaban J connectivity index is 2.71. The number of rotatable bonds is 7. The molecule has 1 rings (SSSR count). The Morgan fingerprint density at radius 1 is 1.40 bits per heavy atom. The molecule has 0 fully saturated rings. The van der Waals surface area contributed by atoms with Crippen molar-refractivity contribution in [3.8, 4) is 0 Å². The summed E-state index contributed by atoms with van der Waals surface area (Å²) in [6, 6.07) is 5.21. The summed E-state index contributed by atoms with van der Waals surface area (Å²) in [5, 5.41) is 24.1. The topological polar surface area (TPSA) is 75.4 Å². The summed E-state index contributed by atoms with van der Waals surface area (Å²) in [6.07, 6.45) is 0.524. The molecule has 0 spiro atoms. The van der Waals surface area contributed by atoms with E-state index in [-0.39, 0.29) is 22.6 Å². The van der Waals surface area contributed by atoms with Gasteiger partial charge in [0.2, 0.25) is 0 Å². The van der Waals surface area contributed by atoms with Crippen LogP contribution in [0.5, 0.6) is 0 Å². The van der Waals surface area contributed by atoms with Crippen molar-refractivity contribution in [3.63, 3.8) is 0 Å². The molecule has 0 heterocycles. The second-order valence-corrected chi connectivity index (χ2v) is 5.39. The third-order valence-corrected chi connectivity index (χ3v) is 3.86. The van der Waals surface area contributed by atoms with Gasteiger partial charge in [-0.15, -0.1) is 0 Å². The van der Waals surface area contributed by atoms with Crippen molar-refractivity contribution in [2.24, 2.45) is 5.92 Å². The Morgan fingerprint density at radius 3 is 2.60 bits per heavy atom. The fourth-order valence-electron chi connectivity index (χ4n) is 1.98. The molecule has 20 heavy (non-hydrogen) atoms. The van der Waals surface area contributed by atoms with Crippen molar-refractivity contribution in [3.05, 3.63) is 39.4 Å². The third kappa shape index (κ3) is 4.28. The van der Waals surface area contributed by atoms with Crippen LogP contribution in [-0.4, -0.2) is 22.7 Å². The highest BCUT2D eigenvalue weighted by atomic mass is 16.6. The van der Waals surface area contributed by atoms with Gasteiger partial charge in [-0.05, 0) is 25.3 Å². The van der Waals surface area contributed by atoms with E-state index in [1.807, 2.05) is 26.8 Å². The van der Waals surface area contributed by atoms with Gasteiger partial charge in [0.15, 0.2) is 0 Å². The molecule has 5 nitrogen and oxygen atoms in total. The number of aliphatic hydroxyl groups excluding tert-OH is 1. The lowest BCUT2D eigenvalue weighted by Gasteiger charge is -2.21. The zero-order valence-corrected chi connectivity index (χ0v) is 12.6. The van der Waals surface area contributed by atoms with Crippen LogP contribution in [0.1, 0.15) is 44.4 Å². The van der Waals surface area contributed by atoms with E-state index in [0.29, 0.717) is 12.1 Å². The van der Waals surface area contributed by atoms with Gasteiger partial charge in [-0.3, -0.25) is 10.1 Å². The van der Waals surface area contributed by atoms with Crippen molar-refractivity contribution < 1.29 is 10.0 Å². The summed E-state index contributed by atoms with van der Waals surface area (Å²) in [5.74, 6) is 0.238. The molecule has 1 aromatic rings. The minimum absolute atomic E-state index is 0.0343. The fourth-order valence-corrected chi connectivity index (χ4v) is 1.98. The first-order valence-corrected chi connectivity index (χ1v) is 7.03. The van der Waals surface area contributed by atoms with E-state index in [1.165, 1.54) is 0 Å². The smallest absolute Gasteiger partial charge is 0.272 e. The Bertz CT molecular complexity index is 462. The van der Waals surface area contributed by atoms with Gasteiger partial charge in [-0.25, -0.2) is 0 Å². The summed E-state index contributed by atoms with van der Waals surface area (Å²) in [7, 11) is 0. The monoisotopic (exact) mass is 280 g/mol. The fraction of sp³-hybridized carbons (Fsp3) is 0.600. The Morgan fingerprint density at radius 2 is 2.05 bits per heavy atom. The molecule has 0 aromatic heterocycles. The minimum atomic E-state index is -0.400.